The summed E-state index contributed by atoms with van der Waals surface area (Å²) in [6.07, 6.45) is 5.79. The van der Waals surface area contributed by atoms with E-state index in [1.165, 1.54) is 0 Å². The highest BCUT2D eigenvalue weighted by Gasteiger charge is 2.29. The molecule has 1 aromatic carbocycles. The van der Waals surface area contributed by atoms with Crippen molar-refractivity contribution in [3.63, 3.8) is 0 Å². The molecular weight excluding hydrogens is 308 g/mol. The second-order valence-corrected chi connectivity index (χ2v) is 6.78. The molecule has 1 atom stereocenters. The van der Waals surface area contributed by atoms with Gasteiger partial charge in [-0.1, -0.05) is 31.5 Å². The Morgan fingerprint density at radius 3 is 2.87 bits per heavy atom. The van der Waals surface area contributed by atoms with Crippen LogP contribution < -0.4 is 5.32 Å². The van der Waals surface area contributed by atoms with Gasteiger partial charge >= 0.3 is 6.03 Å². The molecule has 1 aromatic rings. The van der Waals surface area contributed by atoms with Crippen LogP contribution in [0.5, 0.6) is 0 Å². The van der Waals surface area contributed by atoms with E-state index in [0.29, 0.717) is 13.1 Å². The molecule has 0 spiro atoms. The number of Topliss-reactive ketones (excluding diaryl/α,β-unsaturated/α-hetero) is 1. The van der Waals surface area contributed by atoms with Gasteiger partial charge in [-0.05, 0) is 31.6 Å². The van der Waals surface area contributed by atoms with E-state index in [4.69, 9.17) is 0 Å². The summed E-state index contributed by atoms with van der Waals surface area (Å²) in [7, 11) is 0. The van der Waals surface area contributed by atoms with E-state index in [2.05, 4.69) is 12.2 Å². The summed E-state index contributed by atoms with van der Waals surface area (Å²) >= 11 is 1.59. The average molecular weight is 334 g/mol. The van der Waals surface area contributed by atoms with Gasteiger partial charge < -0.3 is 10.2 Å². The fourth-order valence-electron chi connectivity index (χ4n) is 2.93. The quantitative estimate of drug-likeness (QED) is 0.489. The molecule has 2 rings (SSSR count). The zero-order chi connectivity index (χ0) is 16.7. The molecule has 0 aromatic heterocycles. The van der Waals surface area contributed by atoms with Gasteiger partial charge in [0.05, 0.1) is 0 Å². The number of amides is 2. The molecule has 23 heavy (non-hydrogen) atoms. The lowest BCUT2D eigenvalue weighted by molar-refractivity contribution is 0.0842. The predicted octanol–water partition coefficient (Wildman–Crippen LogP) is 3.81. The summed E-state index contributed by atoms with van der Waals surface area (Å²) in [4.78, 5) is 27.8. The number of likely N-dealkylation sites (tertiary alicyclic amines) is 1. The molecule has 0 saturated carbocycles. The second-order valence-electron chi connectivity index (χ2n) is 5.94. The highest BCUT2D eigenvalue weighted by Crippen LogP contribution is 2.26. The van der Waals surface area contributed by atoms with Crippen LogP contribution in [0, 0.1) is 5.92 Å². The SMILES string of the molecule is CCCCNC(=O)N1CCC[C@@H](C(=O)c2ccccc2SC)C1. The van der Waals surface area contributed by atoms with Crippen molar-refractivity contribution in [1.82, 2.24) is 10.2 Å². The summed E-state index contributed by atoms with van der Waals surface area (Å²) in [6, 6.07) is 7.71. The molecule has 4 nitrogen and oxygen atoms in total. The van der Waals surface area contributed by atoms with Gasteiger partial charge in [0.2, 0.25) is 0 Å². The monoisotopic (exact) mass is 334 g/mol. The molecule has 0 radical (unpaired) electrons. The van der Waals surface area contributed by atoms with Crippen molar-refractivity contribution in [2.24, 2.45) is 5.92 Å². The lowest BCUT2D eigenvalue weighted by Gasteiger charge is -2.32. The third-order valence-electron chi connectivity index (χ3n) is 4.26. The molecule has 5 heteroatoms. The number of carbonyl (C=O) groups is 2. The first kappa shape index (κ1) is 17.9. The Labute approximate surface area is 143 Å². The molecule has 1 aliphatic rings. The first-order valence-corrected chi connectivity index (χ1v) is 9.59. The molecule has 1 fully saturated rings. The smallest absolute Gasteiger partial charge is 0.317 e. The maximum Gasteiger partial charge on any atom is 0.317 e. The van der Waals surface area contributed by atoms with Crippen LogP contribution in [-0.4, -0.2) is 42.6 Å². The van der Waals surface area contributed by atoms with Gasteiger partial charge in [0.25, 0.3) is 0 Å². The largest absolute Gasteiger partial charge is 0.338 e. The Balaban J connectivity index is 2.00. The second kappa shape index (κ2) is 8.96. The van der Waals surface area contributed by atoms with Crippen LogP contribution >= 0.6 is 11.8 Å². The maximum atomic E-state index is 12.8. The molecular formula is C18H26N2O2S. The molecule has 1 heterocycles. The molecule has 0 unspecified atom stereocenters. The Morgan fingerprint density at radius 1 is 1.35 bits per heavy atom. The van der Waals surface area contributed by atoms with Crippen LogP contribution in [0.3, 0.4) is 0 Å². The van der Waals surface area contributed by atoms with Crippen molar-refractivity contribution < 1.29 is 9.59 Å². The highest BCUT2D eigenvalue weighted by molar-refractivity contribution is 7.98. The van der Waals surface area contributed by atoms with E-state index in [-0.39, 0.29) is 17.7 Å². The van der Waals surface area contributed by atoms with Crippen molar-refractivity contribution in [3.8, 4) is 0 Å². The number of hydrogen-bond donors (Lipinski definition) is 1. The summed E-state index contributed by atoms with van der Waals surface area (Å²) in [5, 5.41) is 2.95. The molecule has 2 amide bonds. The number of piperidine rings is 1. The van der Waals surface area contributed by atoms with Gasteiger partial charge in [-0.2, -0.15) is 0 Å². The van der Waals surface area contributed by atoms with Gasteiger partial charge in [0.15, 0.2) is 5.78 Å². The minimum Gasteiger partial charge on any atom is -0.338 e. The number of unbranched alkanes of at least 4 members (excludes halogenated alkanes) is 1. The van der Waals surface area contributed by atoms with Crippen molar-refractivity contribution in [1.29, 1.82) is 0 Å². The Morgan fingerprint density at radius 2 is 2.13 bits per heavy atom. The highest BCUT2D eigenvalue weighted by atomic mass is 32.2. The van der Waals surface area contributed by atoms with E-state index in [1.54, 1.807) is 16.7 Å². The average Bonchev–Trinajstić information content (AvgIpc) is 2.61. The summed E-state index contributed by atoms with van der Waals surface area (Å²) in [6.45, 7) is 4.08. The minimum atomic E-state index is -0.0889. The standard InChI is InChI=1S/C18H26N2O2S/c1-3-4-11-19-18(22)20-12-7-8-14(13-20)17(21)15-9-5-6-10-16(15)23-2/h5-6,9-10,14H,3-4,7-8,11-13H2,1-2H3,(H,19,22)/t14-/m1/s1. The number of nitrogens with one attached hydrogen (secondary N) is 1. The number of nitrogens with zero attached hydrogens (tertiary/aromatic N) is 1. The number of carbonyl (C=O) groups excluding carboxylic acids is 2. The Kier molecular flexibility index (Phi) is 6.96. The molecule has 0 bridgehead atoms. The fraction of sp³-hybridized carbons (Fsp3) is 0.556. The van der Waals surface area contributed by atoms with Crippen LogP contribution in [0.15, 0.2) is 29.2 Å². The zero-order valence-electron chi connectivity index (χ0n) is 14.0. The van der Waals surface area contributed by atoms with Crippen LogP contribution in [0.4, 0.5) is 4.79 Å². The number of hydrogen-bond acceptors (Lipinski definition) is 3. The zero-order valence-corrected chi connectivity index (χ0v) is 14.8. The topological polar surface area (TPSA) is 49.4 Å². The van der Waals surface area contributed by atoms with Crippen LogP contribution in [0.2, 0.25) is 0 Å². The van der Waals surface area contributed by atoms with Gasteiger partial charge in [-0.15, -0.1) is 11.8 Å². The molecule has 1 saturated heterocycles. The van der Waals surface area contributed by atoms with E-state index in [1.807, 2.05) is 30.5 Å². The van der Waals surface area contributed by atoms with E-state index in [9.17, 15) is 9.59 Å². The summed E-state index contributed by atoms with van der Waals surface area (Å²) < 4.78 is 0. The summed E-state index contributed by atoms with van der Waals surface area (Å²) in [5.41, 5.74) is 0.790. The maximum absolute atomic E-state index is 12.8. The fourth-order valence-corrected chi connectivity index (χ4v) is 3.53. The summed E-state index contributed by atoms with van der Waals surface area (Å²) in [5.74, 6) is 0.0787. The van der Waals surface area contributed by atoms with Crippen LogP contribution in [-0.2, 0) is 0 Å². The number of thioether (sulfide) groups is 1. The van der Waals surface area contributed by atoms with Crippen LogP contribution in [0.1, 0.15) is 43.0 Å². The first-order chi connectivity index (χ1) is 11.2. The lowest BCUT2D eigenvalue weighted by atomic mass is 9.90. The van der Waals surface area contributed by atoms with Crippen LogP contribution in [0.25, 0.3) is 0 Å². The molecule has 0 aliphatic carbocycles. The number of rotatable bonds is 6. The van der Waals surface area contributed by atoms with Crippen molar-refractivity contribution in [2.75, 3.05) is 25.9 Å². The Hall–Kier alpha value is -1.49. The lowest BCUT2D eigenvalue weighted by Crippen LogP contribution is -2.47. The minimum absolute atomic E-state index is 0.0332. The van der Waals surface area contributed by atoms with Gasteiger partial charge in [-0.3, -0.25) is 4.79 Å². The predicted molar refractivity (Wildman–Crippen MR) is 95.2 cm³/mol. The third kappa shape index (κ3) is 4.74. The van der Waals surface area contributed by atoms with Crippen molar-refractivity contribution in [3.05, 3.63) is 29.8 Å². The van der Waals surface area contributed by atoms with Crippen molar-refractivity contribution >= 4 is 23.6 Å². The van der Waals surface area contributed by atoms with E-state index >= 15 is 0 Å². The first-order valence-electron chi connectivity index (χ1n) is 8.37. The number of urea groups is 1. The Bertz CT molecular complexity index is 548. The van der Waals surface area contributed by atoms with Crippen molar-refractivity contribution in [2.45, 2.75) is 37.5 Å². The van der Waals surface area contributed by atoms with Gasteiger partial charge in [0.1, 0.15) is 0 Å². The molecule has 1 aliphatic heterocycles. The van der Waals surface area contributed by atoms with E-state index in [0.717, 1.165) is 42.7 Å². The third-order valence-corrected chi connectivity index (χ3v) is 5.05. The normalized spacial score (nSPS) is 17.8. The van der Waals surface area contributed by atoms with E-state index < -0.39 is 0 Å². The van der Waals surface area contributed by atoms with Gasteiger partial charge in [-0.25, -0.2) is 4.79 Å². The molecule has 126 valence electrons. The molecule has 1 N–H and O–H groups in total. The number of benzene rings is 1. The number of ketones is 1. The van der Waals surface area contributed by atoms with Gasteiger partial charge in [0, 0.05) is 36.0 Å².